The van der Waals surface area contributed by atoms with Crippen LogP contribution in [0.2, 0.25) is 0 Å². The Morgan fingerprint density at radius 1 is 1.23 bits per heavy atom. The molecule has 1 heterocycles. The molecule has 0 amide bonds. The summed E-state index contributed by atoms with van der Waals surface area (Å²) < 4.78 is 66.6. The third kappa shape index (κ3) is 3.46. The molecule has 0 radical (unpaired) electrons. The predicted octanol–water partition coefficient (Wildman–Crippen LogP) is 2.82. The molecule has 1 fully saturated rings. The fourth-order valence-corrected chi connectivity index (χ4v) is 2.88. The van der Waals surface area contributed by atoms with Gasteiger partial charge in [-0.15, -0.1) is 5.10 Å². The SMILES string of the molecule is COc1cc(F)c(C(NCC2(n3ccnn3)CC2)C(F)(F)F)cc1OC. The molecule has 142 valence electrons. The van der Waals surface area contributed by atoms with E-state index in [4.69, 9.17) is 9.47 Å². The molecule has 1 saturated carbocycles. The number of aromatic nitrogens is 3. The molecule has 0 bridgehead atoms. The molecule has 3 rings (SSSR count). The molecule has 1 aromatic carbocycles. The average molecular weight is 374 g/mol. The Hall–Kier alpha value is -2.36. The molecule has 1 atom stereocenters. The second-order valence-electron chi connectivity index (χ2n) is 6.16. The van der Waals surface area contributed by atoms with Crippen LogP contribution in [0.3, 0.4) is 0 Å². The van der Waals surface area contributed by atoms with E-state index < -0.39 is 29.1 Å². The van der Waals surface area contributed by atoms with Gasteiger partial charge in [-0.1, -0.05) is 5.21 Å². The van der Waals surface area contributed by atoms with Crippen LogP contribution in [-0.4, -0.2) is 41.9 Å². The van der Waals surface area contributed by atoms with Gasteiger partial charge in [-0.2, -0.15) is 13.2 Å². The maximum Gasteiger partial charge on any atom is 0.408 e. The number of halogens is 4. The van der Waals surface area contributed by atoms with Gasteiger partial charge < -0.3 is 9.47 Å². The smallest absolute Gasteiger partial charge is 0.408 e. The van der Waals surface area contributed by atoms with Crippen LogP contribution in [0.1, 0.15) is 24.4 Å². The zero-order chi connectivity index (χ0) is 18.9. The van der Waals surface area contributed by atoms with Gasteiger partial charge in [0.2, 0.25) is 0 Å². The third-order valence-corrected chi connectivity index (χ3v) is 4.51. The summed E-state index contributed by atoms with van der Waals surface area (Å²) in [4.78, 5) is 0. The number of rotatable bonds is 7. The monoisotopic (exact) mass is 374 g/mol. The van der Waals surface area contributed by atoms with Gasteiger partial charge in [-0.3, -0.25) is 5.32 Å². The van der Waals surface area contributed by atoms with Gasteiger partial charge in [0.25, 0.3) is 0 Å². The number of alkyl halides is 3. The van der Waals surface area contributed by atoms with E-state index in [1.54, 1.807) is 10.9 Å². The van der Waals surface area contributed by atoms with Crippen LogP contribution < -0.4 is 14.8 Å². The molecule has 1 unspecified atom stereocenters. The predicted molar refractivity (Wildman–Crippen MR) is 83.5 cm³/mol. The first-order chi connectivity index (χ1) is 12.3. The van der Waals surface area contributed by atoms with Gasteiger partial charge in [0.05, 0.1) is 26.0 Å². The maximum absolute atomic E-state index is 14.3. The van der Waals surface area contributed by atoms with Crippen molar-refractivity contribution in [2.75, 3.05) is 20.8 Å². The van der Waals surface area contributed by atoms with Gasteiger partial charge >= 0.3 is 6.18 Å². The molecule has 1 aromatic heterocycles. The fourth-order valence-electron chi connectivity index (χ4n) is 2.88. The van der Waals surface area contributed by atoms with Crippen molar-refractivity contribution in [3.05, 3.63) is 35.9 Å². The van der Waals surface area contributed by atoms with Gasteiger partial charge in [0.15, 0.2) is 11.5 Å². The zero-order valence-electron chi connectivity index (χ0n) is 14.2. The minimum absolute atomic E-state index is 0.0195. The largest absolute Gasteiger partial charge is 0.493 e. The van der Waals surface area contributed by atoms with E-state index in [1.165, 1.54) is 20.4 Å². The molecule has 1 aliphatic carbocycles. The van der Waals surface area contributed by atoms with Crippen molar-refractivity contribution in [2.24, 2.45) is 0 Å². The summed E-state index contributed by atoms with van der Waals surface area (Å²) in [5.41, 5.74) is -1.11. The summed E-state index contributed by atoms with van der Waals surface area (Å²) in [6, 6.07) is -0.295. The maximum atomic E-state index is 14.3. The minimum Gasteiger partial charge on any atom is -0.493 e. The summed E-state index contributed by atoms with van der Waals surface area (Å²) in [5.74, 6) is -0.976. The Labute approximate surface area is 147 Å². The van der Waals surface area contributed by atoms with Crippen molar-refractivity contribution in [2.45, 2.75) is 30.6 Å². The zero-order valence-corrected chi connectivity index (χ0v) is 14.2. The first kappa shape index (κ1) is 18.4. The second-order valence-corrected chi connectivity index (χ2v) is 6.16. The normalized spacial score (nSPS) is 17.0. The van der Waals surface area contributed by atoms with E-state index in [0.29, 0.717) is 12.8 Å². The summed E-state index contributed by atoms with van der Waals surface area (Å²) in [6.07, 6.45) is -0.285. The number of hydrogen-bond donors (Lipinski definition) is 1. The van der Waals surface area contributed by atoms with Crippen molar-refractivity contribution in [1.82, 2.24) is 20.3 Å². The summed E-state index contributed by atoms with van der Waals surface area (Å²) in [7, 11) is 2.56. The lowest BCUT2D eigenvalue weighted by atomic mass is 10.0. The van der Waals surface area contributed by atoms with Crippen LogP contribution in [0.5, 0.6) is 11.5 Å². The quantitative estimate of drug-likeness (QED) is 0.756. The van der Waals surface area contributed by atoms with E-state index >= 15 is 0 Å². The topological polar surface area (TPSA) is 61.2 Å². The average Bonchev–Trinajstić information content (AvgIpc) is 3.16. The third-order valence-electron chi connectivity index (χ3n) is 4.51. The van der Waals surface area contributed by atoms with Crippen molar-refractivity contribution >= 4 is 0 Å². The molecule has 2 aromatic rings. The lowest BCUT2D eigenvalue weighted by Gasteiger charge is -2.26. The lowest BCUT2D eigenvalue weighted by molar-refractivity contribution is -0.159. The molecule has 6 nitrogen and oxygen atoms in total. The summed E-state index contributed by atoms with van der Waals surface area (Å²) >= 11 is 0. The van der Waals surface area contributed by atoms with Crippen LogP contribution in [0.25, 0.3) is 0 Å². The number of methoxy groups -OCH3 is 2. The highest BCUT2D eigenvalue weighted by molar-refractivity contribution is 5.45. The van der Waals surface area contributed by atoms with Crippen molar-refractivity contribution in [3.63, 3.8) is 0 Å². The highest BCUT2D eigenvalue weighted by atomic mass is 19.4. The first-order valence-corrected chi connectivity index (χ1v) is 7.89. The fraction of sp³-hybridized carbons (Fsp3) is 0.500. The van der Waals surface area contributed by atoms with Crippen LogP contribution in [0, 0.1) is 5.82 Å². The molecule has 10 heteroatoms. The number of benzene rings is 1. The van der Waals surface area contributed by atoms with Gasteiger partial charge in [0.1, 0.15) is 11.9 Å². The van der Waals surface area contributed by atoms with Crippen LogP contribution >= 0.6 is 0 Å². The Morgan fingerprint density at radius 2 is 1.88 bits per heavy atom. The Morgan fingerprint density at radius 3 is 2.38 bits per heavy atom. The Bertz CT molecular complexity index is 760. The standard InChI is InChI=1S/C16H18F4N4O2/c1-25-12-7-10(11(17)8-13(12)26-2)14(16(18,19)20)21-9-15(3-4-15)24-6-5-22-23-24/h5-8,14,21H,3-4,9H2,1-2H3. The first-order valence-electron chi connectivity index (χ1n) is 7.89. The number of hydrogen-bond acceptors (Lipinski definition) is 5. The van der Waals surface area contributed by atoms with Gasteiger partial charge in [0, 0.05) is 24.4 Å². The van der Waals surface area contributed by atoms with E-state index in [1.807, 2.05) is 0 Å². The van der Waals surface area contributed by atoms with E-state index in [-0.39, 0.29) is 18.0 Å². The minimum atomic E-state index is -4.70. The number of nitrogens with one attached hydrogen (secondary N) is 1. The van der Waals surface area contributed by atoms with Crippen LogP contribution in [0.4, 0.5) is 17.6 Å². The highest BCUT2D eigenvalue weighted by Gasteiger charge is 2.49. The van der Waals surface area contributed by atoms with E-state index in [0.717, 1.165) is 12.1 Å². The van der Waals surface area contributed by atoms with Crippen molar-refractivity contribution < 1.29 is 27.0 Å². The van der Waals surface area contributed by atoms with Crippen LogP contribution in [-0.2, 0) is 5.54 Å². The molecule has 0 aliphatic heterocycles. The molecule has 0 saturated heterocycles. The second kappa shape index (κ2) is 6.75. The molecule has 26 heavy (non-hydrogen) atoms. The van der Waals surface area contributed by atoms with E-state index in [9.17, 15) is 17.6 Å². The molecular formula is C16H18F4N4O2. The van der Waals surface area contributed by atoms with Gasteiger partial charge in [-0.05, 0) is 18.9 Å². The van der Waals surface area contributed by atoms with Gasteiger partial charge in [-0.25, -0.2) is 9.07 Å². The summed E-state index contributed by atoms with van der Waals surface area (Å²) in [6.45, 7) is -0.0195. The molecular weight excluding hydrogens is 356 g/mol. The van der Waals surface area contributed by atoms with Crippen LogP contribution in [0.15, 0.2) is 24.5 Å². The molecule has 0 spiro atoms. The Balaban J connectivity index is 1.88. The lowest BCUT2D eigenvalue weighted by Crippen LogP contribution is -2.41. The number of nitrogens with zero attached hydrogens (tertiary/aromatic N) is 3. The van der Waals surface area contributed by atoms with Crippen molar-refractivity contribution in [3.8, 4) is 11.5 Å². The summed E-state index contributed by atoms with van der Waals surface area (Å²) in [5, 5.41) is 10.0. The van der Waals surface area contributed by atoms with E-state index in [2.05, 4.69) is 15.6 Å². The Kier molecular flexibility index (Phi) is 4.78. The number of ether oxygens (including phenoxy) is 2. The van der Waals surface area contributed by atoms with Crippen molar-refractivity contribution in [1.29, 1.82) is 0 Å². The highest BCUT2D eigenvalue weighted by Crippen LogP contribution is 2.44. The molecule has 1 N–H and O–H groups in total. The molecule has 1 aliphatic rings.